The highest BCUT2D eigenvalue weighted by Crippen LogP contribution is 2.29. The molecule has 2 rings (SSSR count). The number of hydrogen-bond acceptors (Lipinski definition) is 4. The van der Waals surface area contributed by atoms with Crippen molar-refractivity contribution in [3.8, 4) is 0 Å². The second-order valence-electron chi connectivity index (χ2n) is 4.11. The summed E-state index contributed by atoms with van der Waals surface area (Å²) in [6.07, 6.45) is 4.22. The Bertz CT molecular complexity index is 541. The molecule has 0 fully saturated rings. The molecule has 18 heavy (non-hydrogen) atoms. The van der Waals surface area contributed by atoms with E-state index < -0.39 is 10.0 Å². The third-order valence-corrected chi connectivity index (χ3v) is 4.93. The molecule has 1 heterocycles. The van der Waals surface area contributed by atoms with Crippen molar-refractivity contribution in [2.24, 2.45) is 4.99 Å². The molecular weight excluding hydrogens is 268 g/mol. The van der Waals surface area contributed by atoms with E-state index in [-0.39, 0.29) is 0 Å². The van der Waals surface area contributed by atoms with E-state index in [2.05, 4.69) is 17.6 Å². The van der Waals surface area contributed by atoms with Crippen LogP contribution in [0.5, 0.6) is 0 Å². The van der Waals surface area contributed by atoms with Crippen molar-refractivity contribution in [3.05, 3.63) is 24.3 Å². The average Bonchev–Trinajstić information content (AvgIpc) is 2.37. The van der Waals surface area contributed by atoms with Gasteiger partial charge in [-0.25, -0.2) is 13.4 Å². The monoisotopic (exact) mass is 284 g/mol. The summed E-state index contributed by atoms with van der Waals surface area (Å²) in [5.74, 6) is 0.837. The molecule has 0 saturated carbocycles. The Morgan fingerprint density at radius 3 is 2.72 bits per heavy atom. The van der Waals surface area contributed by atoms with Crippen LogP contribution < -0.4 is 0 Å². The van der Waals surface area contributed by atoms with E-state index >= 15 is 0 Å². The number of aliphatic imine (C=N–C) groups is 1. The van der Waals surface area contributed by atoms with Crippen LogP contribution in [0.3, 0.4) is 0 Å². The Balaban J connectivity index is 2.13. The van der Waals surface area contributed by atoms with Gasteiger partial charge in [-0.15, -0.1) is 0 Å². The number of hydrogen-bond donors (Lipinski definition) is 1. The lowest BCUT2D eigenvalue weighted by molar-refractivity contribution is 0.508. The third-order valence-electron chi connectivity index (χ3n) is 2.81. The van der Waals surface area contributed by atoms with Crippen LogP contribution >= 0.6 is 12.6 Å². The lowest BCUT2D eigenvalue weighted by Crippen LogP contribution is -2.32. The predicted molar refractivity (Wildman–Crippen MR) is 76.2 cm³/mol. The highest BCUT2D eigenvalue weighted by atomic mass is 32.2. The Kier molecular flexibility index (Phi) is 4.29. The van der Waals surface area contributed by atoms with Gasteiger partial charge < -0.3 is 0 Å². The van der Waals surface area contributed by atoms with E-state index in [4.69, 9.17) is 0 Å². The standard InChI is InChI=1S/C12H16N2O2S2/c15-18(16)12-7-3-2-6-11(12)13-10-14(18)8-4-1-5-9-17/h2-3,6-7,10,17H,1,4-5,8-9H2. The fourth-order valence-electron chi connectivity index (χ4n) is 1.83. The summed E-state index contributed by atoms with van der Waals surface area (Å²) in [5, 5.41) is 0. The maximum absolute atomic E-state index is 12.3. The fourth-order valence-corrected chi connectivity index (χ4v) is 3.48. The third kappa shape index (κ3) is 2.70. The predicted octanol–water partition coefficient (Wildman–Crippen LogP) is 2.45. The van der Waals surface area contributed by atoms with Crippen molar-refractivity contribution in [1.82, 2.24) is 4.31 Å². The largest absolute Gasteiger partial charge is 0.267 e. The van der Waals surface area contributed by atoms with Crippen molar-refractivity contribution < 1.29 is 8.42 Å². The zero-order chi connectivity index (χ0) is 13.0. The average molecular weight is 284 g/mol. The molecule has 1 aromatic rings. The zero-order valence-corrected chi connectivity index (χ0v) is 11.7. The molecule has 0 bridgehead atoms. The first-order valence-corrected chi connectivity index (χ1v) is 7.99. The summed E-state index contributed by atoms with van der Waals surface area (Å²) in [6.45, 7) is 0.480. The zero-order valence-electron chi connectivity index (χ0n) is 9.99. The Labute approximate surface area is 113 Å². The first kappa shape index (κ1) is 13.4. The molecule has 1 aliphatic rings. The summed E-state index contributed by atoms with van der Waals surface area (Å²) in [7, 11) is -3.41. The molecule has 4 nitrogen and oxygen atoms in total. The van der Waals surface area contributed by atoms with Crippen LogP contribution in [0.2, 0.25) is 0 Å². The fraction of sp³-hybridized carbons (Fsp3) is 0.417. The minimum absolute atomic E-state index is 0.293. The number of sulfonamides is 1. The summed E-state index contributed by atoms with van der Waals surface area (Å²) in [6, 6.07) is 6.81. The lowest BCUT2D eigenvalue weighted by Gasteiger charge is -2.23. The molecule has 0 atom stereocenters. The Morgan fingerprint density at radius 1 is 1.17 bits per heavy atom. The van der Waals surface area contributed by atoms with Gasteiger partial charge in [-0.2, -0.15) is 12.6 Å². The van der Waals surface area contributed by atoms with E-state index in [0.717, 1.165) is 25.0 Å². The summed E-state index contributed by atoms with van der Waals surface area (Å²) in [4.78, 5) is 4.47. The minimum Gasteiger partial charge on any atom is -0.256 e. The van der Waals surface area contributed by atoms with Gasteiger partial charge in [0.2, 0.25) is 0 Å². The summed E-state index contributed by atoms with van der Waals surface area (Å²) in [5.41, 5.74) is 0.518. The highest BCUT2D eigenvalue weighted by Gasteiger charge is 2.27. The molecule has 6 heteroatoms. The number of para-hydroxylation sites is 1. The van der Waals surface area contributed by atoms with Gasteiger partial charge in [-0.3, -0.25) is 4.31 Å². The summed E-state index contributed by atoms with van der Waals surface area (Å²) < 4.78 is 25.9. The van der Waals surface area contributed by atoms with E-state index in [1.165, 1.54) is 10.6 Å². The molecule has 0 aliphatic carbocycles. The highest BCUT2D eigenvalue weighted by molar-refractivity contribution is 7.89. The number of benzene rings is 1. The summed E-state index contributed by atoms with van der Waals surface area (Å²) >= 11 is 4.13. The number of thiol groups is 1. The van der Waals surface area contributed by atoms with Crippen LogP contribution in [0.25, 0.3) is 0 Å². The Hall–Kier alpha value is -1.01. The van der Waals surface area contributed by atoms with Gasteiger partial charge in [0.15, 0.2) is 0 Å². The van der Waals surface area contributed by atoms with Crippen LogP contribution in [-0.2, 0) is 10.0 Å². The number of rotatable bonds is 5. The van der Waals surface area contributed by atoms with Crippen LogP contribution in [0.4, 0.5) is 5.69 Å². The molecule has 0 amide bonds. The van der Waals surface area contributed by atoms with Crippen molar-refractivity contribution in [2.75, 3.05) is 12.3 Å². The maximum Gasteiger partial charge on any atom is 0.267 e. The number of nitrogens with zero attached hydrogens (tertiary/aromatic N) is 2. The van der Waals surface area contributed by atoms with Gasteiger partial charge in [-0.05, 0) is 30.7 Å². The van der Waals surface area contributed by atoms with Crippen LogP contribution in [0, 0.1) is 0 Å². The van der Waals surface area contributed by atoms with Crippen molar-refractivity contribution in [3.63, 3.8) is 0 Å². The first-order chi connectivity index (χ1) is 8.66. The van der Waals surface area contributed by atoms with E-state index in [0.29, 0.717) is 17.1 Å². The van der Waals surface area contributed by atoms with Gasteiger partial charge in [-0.1, -0.05) is 18.6 Å². The first-order valence-electron chi connectivity index (χ1n) is 5.92. The molecular formula is C12H16N2O2S2. The number of unbranched alkanes of at least 4 members (excludes halogenated alkanes) is 2. The van der Waals surface area contributed by atoms with E-state index in [1.54, 1.807) is 24.3 Å². The lowest BCUT2D eigenvalue weighted by atomic mass is 10.2. The van der Waals surface area contributed by atoms with Crippen LogP contribution in [0.15, 0.2) is 34.2 Å². The van der Waals surface area contributed by atoms with Crippen LogP contribution in [0.1, 0.15) is 19.3 Å². The van der Waals surface area contributed by atoms with E-state index in [1.807, 2.05) is 0 Å². The molecule has 0 saturated heterocycles. The molecule has 1 aliphatic heterocycles. The Morgan fingerprint density at radius 2 is 1.94 bits per heavy atom. The smallest absolute Gasteiger partial charge is 0.256 e. The second kappa shape index (κ2) is 5.75. The normalized spacial score (nSPS) is 16.6. The van der Waals surface area contributed by atoms with Gasteiger partial charge in [0.05, 0.1) is 5.69 Å². The molecule has 0 N–H and O–H groups in total. The molecule has 0 radical (unpaired) electrons. The second-order valence-corrected chi connectivity index (χ2v) is 6.42. The molecule has 0 spiro atoms. The van der Waals surface area contributed by atoms with Crippen molar-refractivity contribution in [2.45, 2.75) is 24.2 Å². The SMILES string of the molecule is O=S1(=O)c2ccccc2N=CN1CCCCCS. The topological polar surface area (TPSA) is 49.7 Å². The maximum atomic E-state index is 12.3. The van der Waals surface area contributed by atoms with Crippen molar-refractivity contribution in [1.29, 1.82) is 0 Å². The van der Waals surface area contributed by atoms with Gasteiger partial charge in [0.25, 0.3) is 10.0 Å². The van der Waals surface area contributed by atoms with E-state index in [9.17, 15) is 8.42 Å². The molecule has 0 aromatic heterocycles. The van der Waals surface area contributed by atoms with Gasteiger partial charge >= 0.3 is 0 Å². The van der Waals surface area contributed by atoms with Crippen LogP contribution in [-0.4, -0.2) is 31.4 Å². The minimum atomic E-state index is -3.41. The van der Waals surface area contributed by atoms with Gasteiger partial charge in [0.1, 0.15) is 11.2 Å². The molecule has 98 valence electrons. The van der Waals surface area contributed by atoms with Gasteiger partial charge in [0, 0.05) is 6.54 Å². The quantitative estimate of drug-likeness (QED) is 0.667. The molecule has 0 unspecified atom stereocenters. The molecule has 1 aromatic carbocycles. The number of fused-ring (bicyclic) bond motifs is 1. The van der Waals surface area contributed by atoms with Crippen molar-refractivity contribution >= 4 is 34.7 Å².